The SMILES string of the molecule is O=C([N-]c1ccc(F)cc1)C(=O)[N-]c1ccc(F)cc1.[CH3-].[CH3-].[Cl][Ir+2].[Cl][Ir+2]. The molecule has 0 aromatic heterocycles. The van der Waals surface area contributed by atoms with E-state index in [0.717, 1.165) is 24.3 Å². The van der Waals surface area contributed by atoms with Gasteiger partial charge >= 0.3 is 54.9 Å². The molecular weight excluding hydrogens is 746 g/mol. The summed E-state index contributed by atoms with van der Waals surface area (Å²) in [6, 6.07) is 9.52. The first kappa shape index (κ1) is 29.9. The van der Waals surface area contributed by atoms with Crippen molar-refractivity contribution in [3.8, 4) is 0 Å². The number of carbonyl (C=O) groups excluding carboxylic acids is 2. The van der Waals surface area contributed by atoms with E-state index >= 15 is 0 Å². The Morgan fingerprint density at radius 2 is 0.885 bits per heavy atom. The van der Waals surface area contributed by atoms with Crippen molar-refractivity contribution in [2.24, 2.45) is 0 Å². The molecule has 2 aromatic rings. The van der Waals surface area contributed by atoms with E-state index in [-0.39, 0.29) is 26.2 Å². The van der Waals surface area contributed by atoms with Gasteiger partial charge in [-0.2, -0.15) is 0 Å². The summed E-state index contributed by atoms with van der Waals surface area (Å²) < 4.78 is 25.3. The van der Waals surface area contributed by atoms with Crippen LogP contribution in [0.3, 0.4) is 0 Å². The molecule has 26 heavy (non-hydrogen) atoms. The quantitative estimate of drug-likeness (QED) is 0.279. The van der Waals surface area contributed by atoms with Gasteiger partial charge in [0.25, 0.3) is 0 Å². The van der Waals surface area contributed by atoms with Crippen molar-refractivity contribution in [1.29, 1.82) is 0 Å². The van der Waals surface area contributed by atoms with Crippen LogP contribution in [-0.4, -0.2) is 11.8 Å². The van der Waals surface area contributed by atoms with E-state index in [1.165, 1.54) is 60.0 Å². The second-order valence-electron chi connectivity index (χ2n) is 3.79. The number of nitrogens with zero attached hydrogens (tertiary/aromatic N) is 2. The van der Waals surface area contributed by atoms with Crippen molar-refractivity contribution in [3.05, 3.63) is 85.7 Å². The summed E-state index contributed by atoms with van der Waals surface area (Å²) in [5, 5.41) is 6.98. The van der Waals surface area contributed by atoms with Crippen LogP contribution in [0.25, 0.3) is 10.6 Å². The van der Waals surface area contributed by atoms with Crippen LogP contribution < -0.4 is 0 Å². The molecule has 2 rings (SSSR count). The van der Waals surface area contributed by atoms with Gasteiger partial charge in [0.1, 0.15) is 23.4 Å². The second kappa shape index (κ2) is 17.5. The zero-order chi connectivity index (χ0) is 18.5. The third-order valence-electron chi connectivity index (χ3n) is 2.30. The molecule has 0 aliphatic heterocycles. The number of hydrogen-bond donors (Lipinski definition) is 0. The van der Waals surface area contributed by atoms with E-state index in [9.17, 15) is 18.4 Å². The molecule has 0 saturated carbocycles. The summed E-state index contributed by atoms with van der Waals surface area (Å²) in [7, 11) is 9.28. The molecule has 0 N–H and O–H groups in total. The summed E-state index contributed by atoms with van der Waals surface area (Å²) in [5.74, 6) is -3.11. The molecule has 0 spiro atoms. The van der Waals surface area contributed by atoms with Gasteiger partial charge in [-0.25, -0.2) is 8.78 Å². The Morgan fingerprint density at radius 3 is 1.12 bits per heavy atom. The molecule has 2 aromatic carbocycles. The fourth-order valence-electron chi connectivity index (χ4n) is 1.36. The van der Waals surface area contributed by atoms with Gasteiger partial charge in [-0.05, 0) is 24.3 Å². The molecule has 10 heteroatoms. The third kappa shape index (κ3) is 11.7. The monoisotopic (exact) mass is 760 g/mol. The number of halogens is 4. The Hall–Kier alpha value is -0.881. The normalized spacial score (nSPS) is 8.08. The third-order valence-corrected chi connectivity index (χ3v) is 2.30. The van der Waals surface area contributed by atoms with Crippen LogP contribution in [0.4, 0.5) is 20.2 Å². The molecule has 146 valence electrons. The Labute approximate surface area is 181 Å². The summed E-state index contributed by atoms with van der Waals surface area (Å²) in [6.45, 7) is 0. The van der Waals surface area contributed by atoms with E-state index < -0.39 is 23.4 Å². The van der Waals surface area contributed by atoms with Gasteiger partial charge in [0, 0.05) is 0 Å². The van der Waals surface area contributed by atoms with Crippen molar-refractivity contribution in [1.82, 2.24) is 0 Å². The summed E-state index contributed by atoms with van der Waals surface area (Å²) >= 11 is 2.94. The molecular formula is C16H14Cl2F2Ir2N2O2. The molecule has 0 bridgehead atoms. The zero-order valence-corrected chi connectivity index (χ0v) is 19.8. The Kier molecular flexibility index (Phi) is 20.1. The number of amides is 2. The van der Waals surface area contributed by atoms with E-state index in [1.807, 2.05) is 0 Å². The van der Waals surface area contributed by atoms with Crippen molar-refractivity contribution in [2.75, 3.05) is 0 Å². The zero-order valence-electron chi connectivity index (χ0n) is 13.5. The maximum absolute atomic E-state index is 12.7. The predicted molar refractivity (Wildman–Crippen MR) is 93.4 cm³/mol. The molecule has 0 atom stereocenters. The molecule has 0 unspecified atom stereocenters. The average molecular weight is 760 g/mol. The molecule has 0 aliphatic rings. The van der Waals surface area contributed by atoms with Gasteiger partial charge in [-0.3, -0.25) is 0 Å². The van der Waals surface area contributed by atoms with Crippen LogP contribution in [0, 0.1) is 26.5 Å². The number of hydrogen-bond acceptors (Lipinski definition) is 2. The van der Waals surface area contributed by atoms with Gasteiger partial charge in [0.05, 0.1) is 0 Å². The van der Waals surface area contributed by atoms with Crippen LogP contribution in [0.2, 0.25) is 0 Å². The van der Waals surface area contributed by atoms with Crippen LogP contribution in [0.1, 0.15) is 0 Å². The van der Waals surface area contributed by atoms with Crippen molar-refractivity contribution < 1.29 is 54.1 Å². The summed E-state index contributed by atoms with van der Waals surface area (Å²) in [5.41, 5.74) is 0.304. The standard InChI is InChI=1S/C14H10F2N2O2.2CH3.2ClH.2Ir/c15-9-1-5-11(6-2-9)17-13(19)14(20)18-12-7-3-10(16)4-8-12;;;;;;/h1-8H,(H2,17,18,19,20);2*1H3;2*1H;;/q;2*-1;;;2*+3/p-4. The number of rotatable bonds is 2. The molecule has 0 saturated heterocycles. The number of benzene rings is 2. The average Bonchev–Trinajstić information content (AvgIpc) is 2.62. The summed E-state index contributed by atoms with van der Waals surface area (Å²) in [4.78, 5) is 23.0. The van der Waals surface area contributed by atoms with Crippen LogP contribution in [0.15, 0.2) is 48.5 Å². The van der Waals surface area contributed by atoms with Crippen LogP contribution in [-0.2, 0) is 45.4 Å². The summed E-state index contributed by atoms with van der Waals surface area (Å²) in [6.07, 6.45) is 0. The first-order valence-corrected chi connectivity index (χ1v) is 11.8. The second-order valence-corrected chi connectivity index (χ2v) is 3.79. The van der Waals surface area contributed by atoms with E-state index in [2.05, 4.69) is 29.8 Å². The Balaban J connectivity index is -0.000000824. The van der Waals surface area contributed by atoms with Crippen molar-refractivity contribution in [2.45, 2.75) is 0 Å². The Morgan fingerprint density at radius 1 is 0.654 bits per heavy atom. The first-order valence-electron chi connectivity index (χ1n) is 5.83. The topological polar surface area (TPSA) is 62.3 Å². The molecule has 0 heterocycles. The van der Waals surface area contributed by atoms with Gasteiger partial charge < -0.3 is 35.1 Å². The van der Waals surface area contributed by atoms with Gasteiger partial charge in [-0.15, -0.1) is 11.4 Å². The first-order chi connectivity index (χ1) is 11.5. The van der Waals surface area contributed by atoms with Gasteiger partial charge in [0.15, 0.2) is 0 Å². The van der Waals surface area contributed by atoms with Crippen LogP contribution in [0.5, 0.6) is 0 Å². The molecule has 0 aliphatic carbocycles. The Bertz CT molecular complexity index is 588. The predicted octanol–water partition coefficient (Wildman–Crippen LogP) is 6.00. The maximum atomic E-state index is 12.7. The van der Waals surface area contributed by atoms with Crippen molar-refractivity contribution >= 4 is 42.4 Å². The fraction of sp³-hybridized carbons (Fsp3) is 0. The van der Waals surface area contributed by atoms with E-state index in [4.69, 9.17) is 0 Å². The molecule has 0 radical (unpaired) electrons. The minimum atomic E-state index is -1.08. The van der Waals surface area contributed by atoms with Gasteiger partial charge in [-0.1, -0.05) is 24.3 Å². The molecule has 0 fully saturated rings. The fourth-order valence-corrected chi connectivity index (χ4v) is 1.36. The van der Waals surface area contributed by atoms with Crippen LogP contribution >= 0.6 is 19.2 Å². The molecule has 4 nitrogen and oxygen atoms in total. The van der Waals surface area contributed by atoms with Gasteiger partial charge in [0.2, 0.25) is 0 Å². The van der Waals surface area contributed by atoms with Crippen molar-refractivity contribution in [3.63, 3.8) is 0 Å². The minimum absolute atomic E-state index is 0. The van der Waals surface area contributed by atoms with E-state index in [0.29, 0.717) is 0 Å². The number of carbonyl (C=O) groups is 2. The molecule has 2 amide bonds. The van der Waals surface area contributed by atoms with E-state index in [1.54, 1.807) is 0 Å².